The van der Waals surface area contributed by atoms with Crippen molar-refractivity contribution < 1.29 is 9.47 Å². The maximum absolute atomic E-state index is 6.03. The molecule has 1 unspecified atom stereocenters. The van der Waals surface area contributed by atoms with Crippen LogP contribution >= 0.6 is 0 Å². The number of nitrogens with two attached hydrogens (primary N) is 1. The minimum atomic E-state index is 0.227. The van der Waals surface area contributed by atoms with Crippen molar-refractivity contribution in [2.75, 3.05) is 18.9 Å². The summed E-state index contributed by atoms with van der Waals surface area (Å²) >= 11 is 0. The van der Waals surface area contributed by atoms with E-state index in [9.17, 15) is 0 Å². The van der Waals surface area contributed by atoms with E-state index in [4.69, 9.17) is 15.2 Å². The Kier molecular flexibility index (Phi) is 4.39. The number of aromatic amines is 1. The van der Waals surface area contributed by atoms with Gasteiger partial charge in [0.25, 0.3) is 0 Å². The summed E-state index contributed by atoms with van der Waals surface area (Å²) < 4.78 is 11.4. The predicted molar refractivity (Wildman–Crippen MR) is 98.3 cm³/mol. The van der Waals surface area contributed by atoms with Crippen LogP contribution in [-0.2, 0) is 4.74 Å². The molecule has 1 atom stereocenters. The molecule has 0 bridgehead atoms. The first-order valence-corrected chi connectivity index (χ1v) is 8.55. The number of para-hydroxylation sites is 1. The number of anilines is 1. The predicted octanol–water partition coefficient (Wildman–Crippen LogP) is 3.88. The van der Waals surface area contributed by atoms with Gasteiger partial charge in [0, 0.05) is 23.4 Å². The number of nitrogens with zero attached hydrogens (tertiary/aromatic N) is 1. The van der Waals surface area contributed by atoms with E-state index in [2.05, 4.69) is 10.2 Å². The van der Waals surface area contributed by atoms with Gasteiger partial charge in [-0.05, 0) is 49.2 Å². The van der Waals surface area contributed by atoms with Crippen LogP contribution in [0.25, 0.3) is 22.5 Å². The second-order valence-electron chi connectivity index (χ2n) is 6.22. The van der Waals surface area contributed by atoms with Gasteiger partial charge in [0.2, 0.25) is 0 Å². The van der Waals surface area contributed by atoms with Crippen LogP contribution in [0, 0.1) is 0 Å². The van der Waals surface area contributed by atoms with E-state index in [1.807, 2.05) is 54.6 Å². The van der Waals surface area contributed by atoms with Crippen LogP contribution in [0.4, 0.5) is 5.69 Å². The van der Waals surface area contributed by atoms with E-state index < -0.39 is 0 Å². The van der Waals surface area contributed by atoms with Crippen molar-refractivity contribution >= 4 is 5.69 Å². The van der Waals surface area contributed by atoms with Gasteiger partial charge in [-0.3, -0.25) is 5.10 Å². The van der Waals surface area contributed by atoms with Crippen molar-refractivity contribution in [2.24, 2.45) is 0 Å². The molecular formula is C20H21N3O2. The summed E-state index contributed by atoms with van der Waals surface area (Å²) in [7, 11) is 0. The third kappa shape index (κ3) is 3.51. The van der Waals surface area contributed by atoms with Crippen LogP contribution in [0.1, 0.15) is 12.8 Å². The van der Waals surface area contributed by atoms with Gasteiger partial charge in [0.15, 0.2) is 0 Å². The number of hydrogen-bond donors (Lipinski definition) is 2. The lowest BCUT2D eigenvalue weighted by atomic mass is 10.1. The quantitative estimate of drug-likeness (QED) is 0.694. The Labute approximate surface area is 146 Å². The molecule has 3 N–H and O–H groups in total. The minimum absolute atomic E-state index is 0.227. The van der Waals surface area contributed by atoms with E-state index in [1.165, 1.54) is 0 Å². The fourth-order valence-electron chi connectivity index (χ4n) is 3.04. The molecule has 0 spiro atoms. The number of nitrogen functional groups attached to an aromatic ring is 1. The van der Waals surface area contributed by atoms with Gasteiger partial charge in [-0.2, -0.15) is 5.10 Å². The molecule has 1 aliphatic rings. The maximum Gasteiger partial charge on any atom is 0.119 e. The molecule has 1 aliphatic heterocycles. The summed E-state index contributed by atoms with van der Waals surface area (Å²) in [6.07, 6.45) is 2.43. The molecule has 0 aliphatic carbocycles. The Morgan fingerprint density at radius 2 is 2.00 bits per heavy atom. The zero-order valence-electron chi connectivity index (χ0n) is 13.9. The molecule has 0 amide bonds. The first-order chi connectivity index (χ1) is 12.3. The molecule has 1 saturated heterocycles. The highest BCUT2D eigenvalue weighted by Gasteiger charge is 2.16. The fraction of sp³-hybridized carbons (Fsp3) is 0.250. The van der Waals surface area contributed by atoms with Gasteiger partial charge in [-0.1, -0.05) is 18.2 Å². The standard InChI is InChI=1S/C20H21N3O2/c21-18-6-2-1-5-17(18)20-12-19(22-23-20)14-7-9-15(10-8-14)25-13-16-4-3-11-24-16/h1-2,5-10,12,16H,3-4,11,13,21H2,(H,22,23). The van der Waals surface area contributed by atoms with Gasteiger partial charge in [-0.15, -0.1) is 0 Å². The maximum atomic E-state index is 6.03. The third-order valence-corrected chi connectivity index (χ3v) is 4.44. The molecule has 1 fully saturated rings. The van der Waals surface area contributed by atoms with Crippen molar-refractivity contribution in [2.45, 2.75) is 18.9 Å². The molecule has 25 heavy (non-hydrogen) atoms. The molecule has 1 aromatic heterocycles. The monoisotopic (exact) mass is 335 g/mol. The largest absolute Gasteiger partial charge is 0.491 e. The number of H-pyrrole nitrogens is 1. The van der Waals surface area contributed by atoms with Gasteiger partial charge in [0.1, 0.15) is 12.4 Å². The lowest BCUT2D eigenvalue weighted by Gasteiger charge is -2.11. The first kappa shape index (κ1) is 15.7. The lowest BCUT2D eigenvalue weighted by molar-refractivity contribution is 0.0679. The Hall–Kier alpha value is -2.79. The zero-order valence-corrected chi connectivity index (χ0v) is 13.9. The molecule has 0 saturated carbocycles. The summed E-state index contributed by atoms with van der Waals surface area (Å²) in [6, 6.07) is 17.7. The number of rotatable bonds is 5. The summed E-state index contributed by atoms with van der Waals surface area (Å²) in [5.74, 6) is 0.849. The van der Waals surface area contributed by atoms with Crippen molar-refractivity contribution in [3.8, 4) is 28.3 Å². The number of nitrogens with one attached hydrogen (secondary N) is 1. The van der Waals surface area contributed by atoms with Crippen molar-refractivity contribution in [3.63, 3.8) is 0 Å². The van der Waals surface area contributed by atoms with Crippen LogP contribution in [0.5, 0.6) is 5.75 Å². The van der Waals surface area contributed by atoms with E-state index in [0.29, 0.717) is 6.61 Å². The molecule has 5 heteroatoms. The smallest absolute Gasteiger partial charge is 0.119 e. The second kappa shape index (κ2) is 6.99. The van der Waals surface area contributed by atoms with Gasteiger partial charge in [0.05, 0.1) is 17.5 Å². The highest BCUT2D eigenvalue weighted by Crippen LogP contribution is 2.28. The number of benzene rings is 2. The van der Waals surface area contributed by atoms with Crippen LogP contribution < -0.4 is 10.5 Å². The van der Waals surface area contributed by atoms with Crippen molar-refractivity contribution in [1.82, 2.24) is 10.2 Å². The second-order valence-corrected chi connectivity index (χ2v) is 6.22. The normalized spacial score (nSPS) is 16.9. The highest BCUT2D eigenvalue weighted by atomic mass is 16.5. The molecule has 128 valence electrons. The molecule has 0 radical (unpaired) electrons. The Morgan fingerprint density at radius 1 is 1.16 bits per heavy atom. The van der Waals surface area contributed by atoms with Crippen molar-refractivity contribution in [3.05, 3.63) is 54.6 Å². The molecule has 2 aromatic carbocycles. The summed E-state index contributed by atoms with van der Waals surface area (Å²) in [5, 5.41) is 7.46. The van der Waals surface area contributed by atoms with Crippen LogP contribution in [0.3, 0.4) is 0 Å². The van der Waals surface area contributed by atoms with E-state index >= 15 is 0 Å². The average Bonchev–Trinajstić information content (AvgIpc) is 3.33. The van der Waals surface area contributed by atoms with Gasteiger partial charge >= 0.3 is 0 Å². The van der Waals surface area contributed by atoms with Gasteiger partial charge < -0.3 is 15.2 Å². The first-order valence-electron chi connectivity index (χ1n) is 8.55. The number of hydrogen-bond acceptors (Lipinski definition) is 4. The van der Waals surface area contributed by atoms with Crippen molar-refractivity contribution in [1.29, 1.82) is 0 Å². The summed E-state index contributed by atoms with van der Waals surface area (Å²) in [6.45, 7) is 1.46. The lowest BCUT2D eigenvalue weighted by Crippen LogP contribution is -2.16. The Bertz CT molecular complexity index is 836. The zero-order chi connectivity index (χ0) is 17.1. The van der Waals surface area contributed by atoms with Crippen LogP contribution in [0.15, 0.2) is 54.6 Å². The topological polar surface area (TPSA) is 73.2 Å². The molecule has 3 aromatic rings. The molecule has 4 rings (SSSR count). The number of ether oxygens (including phenoxy) is 2. The van der Waals surface area contributed by atoms with E-state index in [-0.39, 0.29) is 6.10 Å². The van der Waals surface area contributed by atoms with E-state index in [0.717, 1.165) is 53.4 Å². The van der Waals surface area contributed by atoms with Crippen LogP contribution in [-0.4, -0.2) is 29.5 Å². The molecule has 5 nitrogen and oxygen atoms in total. The average molecular weight is 335 g/mol. The third-order valence-electron chi connectivity index (χ3n) is 4.44. The van der Waals surface area contributed by atoms with E-state index in [1.54, 1.807) is 0 Å². The molecular weight excluding hydrogens is 314 g/mol. The Morgan fingerprint density at radius 3 is 2.76 bits per heavy atom. The summed E-state index contributed by atoms with van der Waals surface area (Å²) in [4.78, 5) is 0. The minimum Gasteiger partial charge on any atom is -0.491 e. The Balaban J connectivity index is 1.46. The SMILES string of the molecule is Nc1ccccc1-c1cc(-c2ccc(OCC3CCCO3)cc2)n[nH]1. The highest BCUT2D eigenvalue weighted by molar-refractivity contribution is 5.76. The molecule has 2 heterocycles. The summed E-state index contributed by atoms with van der Waals surface area (Å²) in [5.41, 5.74) is 10.5. The van der Waals surface area contributed by atoms with Crippen LogP contribution in [0.2, 0.25) is 0 Å². The fourth-order valence-corrected chi connectivity index (χ4v) is 3.04. The number of aromatic nitrogens is 2. The van der Waals surface area contributed by atoms with Gasteiger partial charge in [-0.25, -0.2) is 0 Å².